The van der Waals surface area contributed by atoms with E-state index in [4.69, 9.17) is 19.9 Å². The number of likely N-dealkylation sites (tertiary alicyclic amines) is 2. The van der Waals surface area contributed by atoms with Crippen molar-refractivity contribution in [2.45, 2.75) is 289 Å². The summed E-state index contributed by atoms with van der Waals surface area (Å²) in [4.78, 5) is 157. The van der Waals surface area contributed by atoms with Crippen molar-refractivity contribution in [1.29, 1.82) is 0 Å². The van der Waals surface area contributed by atoms with Crippen molar-refractivity contribution in [3.05, 3.63) is 65.2 Å². The molecule has 0 aromatic heterocycles. The number of carbonyl (C=O) groups is 11. The molecule has 2 aliphatic rings. The van der Waals surface area contributed by atoms with Crippen molar-refractivity contribution in [2.75, 3.05) is 53.3 Å². The first-order chi connectivity index (χ1) is 51.1. The van der Waals surface area contributed by atoms with Gasteiger partial charge < -0.3 is 66.8 Å². The summed E-state index contributed by atoms with van der Waals surface area (Å²) in [6.07, 6.45) is 7.60. The molecule has 608 valence electrons. The highest BCUT2D eigenvalue weighted by Crippen LogP contribution is 2.43. The third-order valence-electron chi connectivity index (χ3n) is 22.0. The summed E-state index contributed by atoms with van der Waals surface area (Å²) in [5.74, 6) is -5.43. The van der Waals surface area contributed by atoms with Gasteiger partial charge >= 0.3 is 12.1 Å². The number of likely N-dealkylation sites (N-methyl/N-ethyl adjacent to an activating group) is 2. The van der Waals surface area contributed by atoms with Gasteiger partial charge in [0.05, 0.1) is 54.7 Å². The van der Waals surface area contributed by atoms with E-state index in [1.165, 1.54) is 36.6 Å². The van der Waals surface area contributed by atoms with Gasteiger partial charge in [0, 0.05) is 69.9 Å². The maximum absolute atomic E-state index is 14.9. The van der Waals surface area contributed by atoms with Crippen LogP contribution in [-0.2, 0) is 64.0 Å². The van der Waals surface area contributed by atoms with Crippen LogP contribution in [0, 0.1) is 35.5 Å². The van der Waals surface area contributed by atoms with Crippen LogP contribution < -0.4 is 37.6 Å². The molecule has 5 unspecified atom stereocenters. The summed E-state index contributed by atoms with van der Waals surface area (Å²) in [7, 11) is 6.12. The molecule has 9 N–H and O–H groups in total. The molecule has 108 heavy (non-hydrogen) atoms. The van der Waals surface area contributed by atoms with Crippen LogP contribution in [0.3, 0.4) is 0 Å². The smallest absolute Gasteiger partial charge is 0.410 e. The van der Waals surface area contributed by atoms with Crippen molar-refractivity contribution in [2.24, 2.45) is 41.2 Å². The standard InChI is InChI=1S/C81H132IN11O15/c1-19-24-42-81(82,23-5)60-46-65(95)93(77(60)102)44-27-25-26-33-64(94)88-67(49(6)7)75(100)87-61(31-28-43-84-79(83)104)74(99)86-59-40-34-55(35-41-59)48-108-80(105)91(16)69(51(10)11)76(101)89-68(50(8)9)78(103)90(15)70(52(12)21-3)63(106-17)47-66(96)92-45-29-32-62(92)72(107-18)53(13)73(98)85-54(14)71(97)58-38-36-57(37-39-58)56(22-4)30-20-2/h34-41,49-54,56,60-63,67-72,97H,19-33,42-48H2,1-18H3,(H,85,98)(H,86,99)(H,87,100)(H,88,94)(H,89,101)(H3,83,84,104)/t52-,53+,54+,56?,60?,61-,62-,63+,67?,68-,69-,70?,71+,72+,81?/m0/s1. The Labute approximate surface area is 657 Å². The molecule has 0 saturated carbocycles. The van der Waals surface area contributed by atoms with E-state index >= 15 is 0 Å². The van der Waals surface area contributed by atoms with E-state index in [1.807, 2.05) is 39.8 Å². The minimum absolute atomic E-state index is 0.0850. The summed E-state index contributed by atoms with van der Waals surface area (Å²) >= 11 is 2.38. The average Bonchev–Trinajstić information content (AvgIpc) is 1.68. The van der Waals surface area contributed by atoms with E-state index in [9.17, 15) is 57.8 Å². The number of aliphatic hydroxyl groups is 1. The number of aliphatic hydroxyl groups excluding tert-OH is 1. The van der Waals surface area contributed by atoms with Gasteiger partial charge in [-0.05, 0) is 130 Å². The molecule has 2 aromatic carbocycles. The number of ether oxygens (including phenoxy) is 3. The predicted molar refractivity (Wildman–Crippen MR) is 427 cm³/mol. The second kappa shape index (κ2) is 46.0. The lowest BCUT2D eigenvalue weighted by Crippen LogP contribution is -2.60. The number of urea groups is 1. The summed E-state index contributed by atoms with van der Waals surface area (Å²) < 4.78 is 17.6. The first-order valence-corrected chi connectivity index (χ1v) is 40.6. The highest BCUT2D eigenvalue weighted by atomic mass is 127. The SMILES string of the molecule is CCCCC(I)(CC)C1CC(=O)N(CCCCCC(=O)NC(C(=O)N[C@@H](CCCNC(N)=O)C(=O)Nc2ccc(COC(=O)N(C)[C@H](C(=O)N[C@H](C(=O)N(C)C([C@@H](C)CC)[C@@H](CC(=O)N3CCC[C@H]3[C@H](OC)[C@@H](C)C(=O)N[C@H](C)[C@@H](O)c3ccc(C(CC)CCC)cc3)OC)C(C)C)C(C)C)cc2)C(C)C)C1=O. The van der Waals surface area contributed by atoms with E-state index in [0.717, 1.165) is 44.9 Å². The number of rotatable bonds is 47. The highest BCUT2D eigenvalue weighted by Gasteiger charge is 2.49. The molecule has 0 spiro atoms. The number of hydrogen-bond donors (Lipinski definition) is 8. The lowest BCUT2D eigenvalue weighted by molar-refractivity contribution is -0.148. The molecule has 26 nitrogen and oxygen atoms in total. The van der Waals surface area contributed by atoms with Crippen LogP contribution in [0.1, 0.15) is 241 Å². The Morgan fingerprint density at radius 2 is 1.35 bits per heavy atom. The van der Waals surface area contributed by atoms with E-state index in [-0.39, 0.29) is 103 Å². The van der Waals surface area contributed by atoms with Gasteiger partial charge in [0.25, 0.3) is 0 Å². The zero-order valence-electron chi connectivity index (χ0n) is 67.9. The molecule has 2 fully saturated rings. The molecule has 0 bridgehead atoms. The van der Waals surface area contributed by atoms with E-state index < -0.39 is 114 Å². The minimum Gasteiger partial charge on any atom is -0.445 e. The number of nitrogens with one attached hydrogen (secondary N) is 6. The Kier molecular flexibility index (Phi) is 39.8. The number of methoxy groups -OCH3 is 2. The summed E-state index contributed by atoms with van der Waals surface area (Å²) in [6, 6.07) is 7.66. The van der Waals surface area contributed by atoms with Crippen LogP contribution in [0.4, 0.5) is 15.3 Å². The van der Waals surface area contributed by atoms with E-state index in [1.54, 1.807) is 82.7 Å². The Morgan fingerprint density at radius 1 is 0.704 bits per heavy atom. The lowest BCUT2D eigenvalue weighted by atomic mass is 9.84. The number of hydrogen-bond acceptors (Lipinski definition) is 15. The number of nitrogens with zero attached hydrogens (tertiary/aromatic N) is 4. The molecular formula is C81H132IN11O15. The Bertz CT molecular complexity index is 3230. The van der Waals surface area contributed by atoms with Crippen molar-refractivity contribution in [1.82, 2.24) is 46.2 Å². The molecule has 4 rings (SSSR count). The predicted octanol–water partition coefficient (Wildman–Crippen LogP) is 10.6. The molecule has 2 aliphatic heterocycles. The van der Waals surface area contributed by atoms with Gasteiger partial charge in [0.15, 0.2) is 0 Å². The van der Waals surface area contributed by atoms with Gasteiger partial charge in [-0.3, -0.25) is 53.0 Å². The number of anilines is 1. The third-order valence-corrected chi connectivity index (χ3v) is 24.0. The van der Waals surface area contributed by atoms with Gasteiger partial charge in [-0.2, -0.15) is 0 Å². The van der Waals surface area contributed by atoms with Gasteiger partial charge in [-0.1, -0.05) is 181 Å². The number of carbonyl (C=O) groups excluding carboxylic acids is 11. The van der Waals surface area contributed by atoms with Crippen molar-refractivity contribution in [3.63, 3.8) is 0 Å². The fraction of sp³-hybridized carbons (Fsp3) is 0.716. The van der Waals surface area contributed by atoms with Crippen LogP contribution in [0.15, 0.2) is 48.5 Å². The van der Waals surface area contributed by atoms with Gasteiger partial charge in [-0.15, -0.1) is 0 Å². The average molecular weight is 1630 g/mol. The molecule has 0 radical (unpaired) electrons. The topological polar surface area (TPSA) is 347 Å². The largest absolute Gasteiger partial charge is 0.445 e. The number of unbranched alkanes of at least 4 members (excludes halogenated alkanes) is 3. The Morgan fingerprint density at radius 3 is 1.92 bits per heavy atom. The van der Waals surface area contributed by atoms with Gasteiger partial charge in [-0.25, -0.2) is 9.59 Å². The molecule has 2 heterocycles. The second-order valence-corrected chi connectivity index (χ2v) is 33.0. The van der Waals surface area contributed by atoms with Crippen LogP contribution in [0.5, 0.6) is 0 Å². The Hall–Kier alpha value is -6.98. The maximum atomic E-state index is 14.9. The van der Waals surface area contributed by atoms with Crippen molar-refractivity contribution in [3.8, 4) is 0 Å². The fourth-order valence-electron chi connectivity index (χ4n) is 15.1. The van der Waals surface area contributed by atoms with Crippen LogP contribution in [0.25, 0.3) is 0 Å². The highest BCUT2D eigenvalue weighted by molar-refractivity contribution is 14.1. The van der Waals surface area contributed by atoms with E-state index in [0.29, 0.717) is 67.8 Å². The summed E-state index contributed by atoms with van der Waals surface area (Å²) in [5.41, 5.74) is 8.09. The number of alkyl halides is 1. The molecule has 2 saturated heterocycles. The molecule has 12 amide bonds. The van der Waals surface area contributed by atoms with Crippen molar-refractivity contribution < 1.29 is 72.1 Å². The number of halogens is 1. The lowest BCUT2D eigenvalue weighted by Gasteiger charge is -2.41. The molecule has 27 heteroatoms. The number of amides is 12. The monoisotopic (exact) mass is 1630 g/mol. The number of benzene rings is 2. The quantitative estimate of drug-likeness (QED) is 0.0132. The van der Waals surface area contributed by atoms with Crippen LogP contribution >= 0.6 is 22.6 Å². The molecule has 15 atom stereocenters. The van der Waals surface area contributed by atoms with Crippen LogP contribution in [0.2, 0.25) is 0 Å². The molecular weight excluding hydrogens is 1490 g/mol. The third kappa shape index (κ3) is 26.9. The minimum atomic E-state index is -1.12. The van der Waals surface area contributed by atoms with Gasteiger partial charge in [0.1, 0.15) is 30.8 Å². The number of primary amides is 1. The normalized spacial score (nSPS) is 18.5. The molecule has 2 aromatic rings. The number of nitrogens with two attached hydrogens (primary N) is 1. The van der Waals surface area contributed by atoms with Crippen molar-refractivity contribution >= 4 is 93.6 Å². The second-order valence-electron chi connectivity index (χ2n) is 30.9. The van der Waals surface area contributed by atoms with Crippen LogP contribution in [-0.4, -0.2) is 196 Å². The zero-order chi connectivity index (χ0) is 80.9. The summed E-state index contributed by atoms with van der Waals surface area (Å²) in [5, 5.41) is 28.3. The summed E-state index contributed by atoms with van der Waals surface area (Å²) in [6.45, 7) is 27.3. The zero-order valence-corrected chi connectivity index (χ0v) is 70.1. The molecule has 0 aliphatic carbocycles. The fourth-order valence-corrected chi connectivity index (χ4v) is 15.9. The first-order valence-electron chi connectivity index (χ1n) is 39.6. The first kappa shape index (κ1) is 93.4. The number of imide groups is 1. The Balaban J connectivity index is 1.36. The van der Waals surface area contributed by atoms with Gasteiger partial charge in [0.2, 0.25) is 53.2 Å². The van der Waals surface area contributed by atoms with E-state index in [2.05, 4.69) is 94.3 Å². The maximum Gasteiger partial charge on any atom is 0.410 e.